The van der Waals surface area contributed by atoms with Crippen molar-refractivity contribution in [2.45, 2.75) is 12.8 Å². The molecule has 0 aliphatic rings. The van der Waals surface area contributed by atoms with E-state index in [9.17, 15) is 0 Å². The lowest BCUT2D eigenvalue weighted by atomic mass is 10.3. The molecule has 0 aliphatic heterocycles. The van der Waals surface area contributed by atoms with E-state index in [1.807, 2.05) is 11.3 Å². The maximum Gasteiger partial charge on any atom is 0.0363 e. The fraction of sp³-hybridized carbons (Fsp3) is 0.375. The van der Waals surface area contributed by atoms with E-state index in [2.05, 4.69) is 65.1 Å². The van der Waals surface area contributed by atoms with Crippen LogP contribution in [0.25, 0.3) is 0 Å². The van der Waals surface area contributed by atoms with Gasteiger partial charge in [0.1, 0.15) is 0 Å². The Labute approximate surface area is 120 Å². The second-order valence-electron chi connectivity index (χ2n) is 4.69. The van der Waals surface area contributed by atoms with Crippen molar-refractivity contribution in [3.8, 4) is 0 Å². The zero-order valence-electron chi connectivity index (χ0n) is 11.5. The fourth-order valence-electron chi connectivity index (χ4n) is 2.04. The highest BCUT2D eigenvalue weighted by atomic mass is 32.1. The van der Waals surface area contributed by atoms with Gasteiger partial charge < -0.3 is 10.2 Å². The Morgan fingerprint density at radius 3 is 2.63 bits per heavy atom. The molecule has 0 amide bonds. The number of anilines is 1. The van der Waals surface area contributed by atoms with Crippen LogP contribution in [0, 0.1) is 0 Å². The third-order valence-corrected chi connectivity index (χ3v) is 4.11. The molecule has 0 bridgehead atoms. The molecule has 0 radical (unpaired) electrons. The predicted octanol–water partition coefficient (Wildman–Crippen LogP) is 3.41. The minimum Gasteiger partial charge on any atom is -0.375 e. The first kappa shape index (κ1) is 14.1. The summed E-state index contributed by atoms with van der Waals surface area (Å²) >= 11 is 1.84. The Bertz CT molecular complexity index is 439. The molecule has 1 aromatic heterocycles. The first-order valence-electron chi connectivity index (χ1n) is 6.85. The zero-order valence-corrected chi connectivity index (χ0v) is 12.3. The van der Waals surface area contributed by atoms with Crippen molar-refractivity contribution < 1.29 is 0 Å². The van der Waals surface area contributed by atoms with Crippen LogP contribution in [-0.4, -0.2) is 26.7 Å². The van der Waals surface area contributed by atoms with Crippen molar-refractivity contribution in [2.24, 2.45) is 0 Å². The molecule has 0 atom stereocenters. The highest BCUT2D eigenvalue weighted by Crippen LogP contribution is 2.11. The summed E-state index contributed by atoms with van der Waals surface area (Å²) in [6.07, 6.45) is 2.32. The molecule has 2 aromatic rings. The van der Waals surface area contributed by atoms with Gasteiger partial charge in [0.25, 0.3) is 0 Å². The van der Waals surface area contributed by atoms with Gasteiger partial charge in [-0.15, -0.1) is 11.3 Å². The molecule has 0 fully saturated rings. The number of benzene rings is 1. The Morgan fingerprint density at radius 2 is 1.89 bits per heavy atom. The average molecular weight is 274 g/mol. The Balaban J connectivity index is 1.54. The van der Waals surface area contributed by atoms with Crippen molar-refractivity contribution in [1.82, 2.24) is 5.32 Å². The summed E-state index contributed by atoms with van der Waals surface area (Å²) in [6, 6.07) is 14.9. The smallest absolute Gasteiger partial charge is 0.0363 e. The summed E-state index contributed by atoms with van der Waals surface area (Å²) in [6.45, 7) is 3.26. The second-order valence-corrected chi connectivity index (χ2v) is 5.72. The van der Waals surface area contributed by atoms with Gasteiger partial charge >= 0.3 is 0 Å². The molecule has 0 saturated heterocycles. The third-order valence-electron chi connectivity index (χ3n) is 3.17. The van der Waals surface area contributed by atoms with Crippen LogP contribution in [0.2, 0.25) is 0 Å². The van der Waals surface area contributed by atoms with Gasteiger partial charge in [0.15, 0.2) is 0 Å². The average Bonchev–Trinajstić information content (AvgIpc) is 2.96. The zero-order chi connectivity index (χ0) is 13.3. The molecule has 102 valence electrons. The molecule has 0 unspecified atom stereocenters. The van der Waals surface area contributed by atoms with E-state index in [0.717, 1.165) is 26.1 Å². The van der Waals surface area contributed by atoms with E-state index >= 15 is 0 Å². The first-order valence-corrected chi connectivity index (χ1v) is 7.73. The van der Waals surface area contributed by atoms with Crippen molar-refractivity contribution in [1.29, 1.82) is 0 Å². The van der Waals surface area contributed by atoms with Crippen LogP contribution >= 0.6 is 11.3 Å². The molecule has 0 saturated carbocycles. The van der Waals surface area contributed by atoms with E-state index in [1.54, 1.807) is 0 Å². The van der Waals surface area contributed by atoms with Gasteiger partial charge in [-0.25, -0.2) is 0 Å². The van der Waals surface area contributed by atoms with E-state index < -0.39 is 0 Å². The predicted molar refractivity (Wildman–Crippen MR) is 85.2 cm³/mol. The van der Waals surface area contributed by atoms with E-state index in [-0.39, 0.29) is 0 Å². The highest BCUT2D eigenvalue weighted by molar-refractivity contribution is 7.09. The Morgan fingerprint density at radius 1 is 1.05 bits per heavy atom. The number of para-hydroxylation sites is 1. The summed E-state index contributed by atoms with van der Waals surface area (Å²) < 4.78 is 0. The molecular formula is C16H22N2S. The summed E-state index contributed by atoms with van der Waals surface area (Å²) in [4.78, 5) is 3.77. The van der Waals surface area contributed by atoms with Crippen molar-refractivity contribution in [3.63, 3.8) is 0 Å². The van der Waals surface area contributed by atoms with Gasteiger partial charge in [0, 0.05) is 24.2 Å². The molecule has 1 heterocycles. The number of hydrogen-bond donors (Lipinski definition) is 1. The number of hydrogen-bond acceptors (Lipinski definition) is 3. The maximum absolute atomic E-state index is 3.51. The SMILES string of the molecule is CN(CCCNCCc1cccs1)c1ccccc1. The maximum atomic E-state index is 3.51. The molecule has 0 aliphatic carbocycles. The van der Waals surface area contributed by atoms with Gasteiger partial charge in [0.05, 0.1) is 0 Å². The molecule has 1 aromatic carbocycles. The summed E-state index contributed by atoms with van der Waals surface area (Å²) in [5.74, 6) is 0. The van der Waals surface area contributed by atoms with Gasteiger partial charge in [0.2, 0.25) is 0 Å². The molecular weight excluding hydrogens is 252 g/mol. The monoisotopic (exact) mass is 274 g/mol. The third kappa shape index (κ3) is 5.05. The van der Waals surface area contributed by atoms with E-state index in [4.69, 9.17) is 0 Å². The fourth-order valence-corrected chi connectivity index (χ4v) is 2.75. The van der Waals surface area contributed by atoms with Crippen LogP contribution in [0.15, 0.2) is 47.8 Å². The van der Waals surface area contributed by atoms with E-state index in [0.29, 0.717) is 0 Å². The van der Waals surface area contributed by atoms with Gasteiger partial charge in [-0.1, -0.05) is 24.3 Å². The molecule has 1 N–H and O–H groups in total. The molecule has 2 nitrogen and oxygen atoms in total. The van der Waals surface area contributed by atoms with Crippen LogP contribution in [0.4, 0.5) is 5.69 Å². The lowest BCUT2D eigenvalue weighted by Crippen LogP contribution is -2.24. The van der Waals surface area contributed by atoms with Crippen LogP contribution in [0.5, 0.6) is 0 Å². The number of rotatable bonds is 8. The molecule has 2 rings (SSSR count). The quantitative estimate of drug-likeness (QED) is 0.742. The van der Waals surface area contributed by atoms with Gasteiger partial charge in [-0.2, -0.15) is 0 Å². The van der Waals surface area contributed by atoms with Gasteiger partial charge in [-0.3, -0.25) is 0 Å². The largest absolute Gasteiger partial charge is 0.375 e. The molecule has 19 heavy (non-hydrogen) atoms. The standard InChI is InChI=1S/C16H22N2S/c1-18(15-7-3-2-4-8-15)13-6-11-17-12-10-16-9-5-14-19-16/h2-5,7-9,14,17H,6,10-13H2,1H3. The molecule has 0 spiro atoms. The minimum absolute atomic E-state index is 1.08. The van der Waals surface area contributed by atoms with Gasteiger partial charge in [-0.05, 0) is 49.5 Å². The second kappa shape index (κ2) is 7.97. The number of nitrogens with zero attached hydrogens (tertiary/aromatic N) is 1. The van der Waals surface area contributed by atoms with Crippen molar-refractivity contribution in [3.05, 3.63) is 52.7 Å². The van der Waals surface area contributed by atoms with E-state index in [1.165, 1.54) is 17.0 Å². The lowest BCUT2D eigenvalue weighted by Gasteiger charge is -2.19. The minimum atomic E-state index is 1.08. The van der Waals surface area contributed by atoms with Crippen LogP contribution in [0.3, 0.4) is 0 Å². The Hall–Kier alpha value is -1.32. The van der Waals surface area contributed by atoms with Crippen LogP contribution in [0.1, 0.15) is 11.3 Å². The van der Waals surface area contributed by atoms with Crippen LogP contribution < -0.4 is 10.2 Å². The normalized spacial score (nSPS) is 10.6. The Kier molecular flexibility index (Phi) is 5.92. The van der Waals surface area contributed by atoms with Crippen LogP contribution in [-0.2, 0) is 6.42 Å². The van der Waals surface area contributed by atoms with Crippen molar-refractivity contribution >= 4 is 17.0 Å². The topological polar surface area (TPSA) is 15.3 Å². The summed E-state index contributed by atoms with van der Waals surface area (Å²) in [5.41, 5.74) is 1.29. The molecule has 3 heteroatoms. The highest BCUT2D eigenvalue weighted by Gasteiger charge is 1.99. The number of nitrogens with one attached hydrogen (secondary N) is 1. The summed E-state index contributed by atoms with van der Waals surface area (Å²) in [5, 5.41) is 5.65. The summed E-state index contributed by atoms with van der Waals surface area (Å²) in [7, 11) is 2.15. The number of thiophene rings is 1. The first-order chi connectivity index (χ1) is 9.36. The van der Waals surface area contributed by atoms with Crippen molar-refractivity contribution in [2.75, 3.05) is 31.6 Å². The lowest BCUT2D eigenvalue weighted by molar-refractivity contribution is 0.646.